The van der Waals surface area contributed by atoms with Gasteiger partial charge in [-0.1, -0.05) is 20.3 Å². The second-order valence-electron chi connectivity index (χ2n) is 6.42. The maximum absolute atomic E-state index is 5.34. The van der Waals surface area contributed by atoms with E-state index in [1.54, 1.807) is 0 Å². The second kappa shape index (κ2) is 7.61. The van der Waals surface area contributed by atoms with Crippen LogP contribution in [0.15, 0.2) is 0 Å². The van der Waals surface area contributed by atoms with Crippen molar-refractivity contribution in [2.75, 3.05) is 33.4 Å². The molecule has 2 rings (SSSR count). The molecule has 1 saturated heterocycles. The molecule has 2 fully saturated rings. The number of likely N-dealkylation sites (N-methyl/N-ethyl adjacent to an activating group) is 1. The van der Waals surface area contributed by atoms with E-state index in [-0.39, 0.29) is 0 Å². The van der Waals surface area contributed by atoms with E-state index in [1.807, 2.05) is 7.11 Å². The van der Waals surface area contributed by atoms with Crippen molar-refractivity contribution >= 4 is 0 Å². The first kappa shape index (κ1) is 15.3. The maximum Gasteiger partial charge on any atom is 0.0503 e. The minimum absolute atomic E-state index is 0.717. The van der Waals surface area contributed by atoms with E-state index >= 15 is 0 Å². The summed E-state index contributed by atoms with van der Waals surface area (Å²) in [6.07, 6.45) is 6.85. The maximum atomic E-state index is 5.34. The smallest absolute Gasteiger partial charge is 0.0503 e. The molecule has 4 unspecified atom stereocenters. The van der Waals surface area contributed by atoms with Crippen molar-refractivity contribution in [2.24, 2.45) is 11.8 Å². The molecule has 1 aliphatic heterocycles. The predicted octanol–water partition coefficient (Wildman–Crippen LogP) is 2.51. The Morgan fingerprint density at radius 1 is 1.16 bits per heavy atom. The fourth-order valence-corrected chi connectivity index (χ4v) is 4.04. The summed E-state index contributed by atoms with van der Waals surface area (Å²) in [4.78, 5) is 2.75. The van der Waals surface area contributed by atoms with E-state index in [4.69, 9.17) is 4.74 Å². The lowest BCUT2D eigenvalue weighted by atomic mass is 9.80. The van der Waals surface area contributed by atoms with Crippen LogP contribution in [-0.2, 0) is 4.74 Å². The van der Waals surface area contributed by atoms with Gasteiger partial charge in [0.15, 0.2) is 0 Å². The van der Waals surface area contributed by atoms with Gasteiger partial charge in [-0.05, 0) is 50.6 Å². The Kier molecular flexibility index (Phi) is 6.11. The Balaban J connectivity index is 1.93. The average molecular weight is 268 g/mol. The standard InChI is InChI=1S/C16H32N2O/c1-4-13-6-7-15(17-5-2)16(10-13)18-9-8-14(11-18)12-19-3/h13-17H,4-12H2,1-3H3. The molecule has 0 spiro atoms. The van der Waals surface area contributed by atoms with Crippen LogP contribution in [0.1, 0.15) is 46.0 Å². The lowest BCUT2D eigenvalue weighted by Gasteiger charge is -2.41. The fourth-order valence-electron chi connectivity index (χ4n) is 4.04. The van der Waals surface area contributed by atoms with E-state index in [9.17, 15) is 0 Å². The summed E-state index contributed by atoms with van der Waals surface area (Å²) < 4.78 is 5.34. The topological polar surface area (TPSA) is 24.5 Å². The monoisotopic (exact) mass is 268 g/mol. The van der Waals surface area contributed by atoms with Crippen LogP contribution >= 0.6 is 0 Å². The van der Waals surface area contributed by atoms with E-state index < -0.39 is 0 Å². The molecule has 4 atom stereocenters. The molecule has 1 heterocycles. The molecule has 19 heavy (non-hydrogen) atoms. The molecule has 2 aliphatic rings. The molecule has 3 heteroatoms. The van der Waals surface area contributed by atoms with Gasteiger partial charge in [-0.3, -0.25) is 4.90 Å². The molecule has 3 nitrogen and oxygen atoms in total. The highest BCUT2D eigenvalue weighted by molar-refractivity contribution is 4.93. The molecule has 0 amide bonds. The summed E-state index contributed by atoms with van der Waals surface area (Å²) in [5.74, 6) is 1.70. The van der Waals surface area contributed by atoms with E-state index in [0.29, 0.717) is 6.04 Å². The minimum atomic E-state index is 0.717. The summed E-state index contributed by atoms with van der Waals surface area (Å²) in [7, 11) is 1.83. The molecule has 0 aromatic heterocycles. The van der Waals surface area contributed by atoms with Crippen molar-refractivity contribution in [1.29, 1.82) is 0 Å². The summed E-state index contributed by atoms with van der Waals surface area (Å²) in [6.45, 7) is 9.15. The minimum Gasteiger partial charge on any atom is -0.384 e. The summed E-state index contributed by atoms with van der Waals surface area (Å²) in [5, 5.41) is 3.73. The Morgan fingerprint density at radius 2 is 2.00 bits per heavy atom. The van der Waals surface area contributed by atoms with Crippen molar-refractivity contribution in [1.82, 2.24) is 10.2 Å². The lowest BCUT2D eigenvalue weighted by molar-refractivity contribution is 0.103. The highest BCUT2D eigenvalue weighted by Gasteiger charge is 2.36. The molecule has 1 saturated carbocycles. The molecule has 1 N–H and O–H groups in total. The number of hydrogen-bond donors (Lipinski definition) is 1. The molecule has 1 aliphatic carbocycles. The van der Waals surface area contributed by atoms with E-state index in [0.717, 1.165) is 31.0 Å². The SMILES string of the molecule is CCNC1CCC(CC)CC1N1CCC(COC)C1. The van der Waals surface area contributed by atoms with Gasteiger partial charge in [0.05, 0.1) is 6.61 Å². The Bertz CT molecular complexity index is 259. The fraction of sp³-hybridized carbons (Fsp3) is 1.00. The van der Waals surface area contributed by atoms with Crippen molar-refractivity contribution in [2.45, 2.75) is 58.0 Å². The first-order valence-corrected chi connectivity index (χ1v) is 8.24. The third kappa shape index (κ3) is 3.93. The van der Waals surface area contributed by atoms with Gasteiger partial charge in [-0.25, -0.2) is 0 Å². The number of nitrogens with one attached hydrogen (secondary N) is 1. The highest BCUT2D eigenvalue weighted by Crippen LogP contribution is 2.32. The first-order chi connectivity index (χ1) is 9.28. The van der Waals surface area contributed by atoms with Crippen LogP contribution < -0.4 is 5.32 Å². The zero-order valence-corrected chi connectivity index (χ0v) is 13.0. The zero-order valence-electron chi connectivity index (χ0n) is 13.0. The molecular weight excluding hydrogens is 236 g/mol. The van der Waals surface area contributed by atoms with Crippen LogP contribution in [0.5, 0.6) is 0 Å². The lowest BCUT2D eigenvalue weighted by Crippen LogP contribution is -2.52. The van der Waals surface area contributed by atoms with Gasteiger partial charge in [0.2, 0.25) is 0 Å². The van der Waals surface area contributed by atoms with E-state index in [2.05, 4.69) is 24.1 Å². The van der Waals surface area contributed by atoms with Crippen LogP contribution in [-0.4, -0.2) is 50.3 Å². The largest absolute Gasteiger partial charge is 0.384 e. The molecular formula is C16H32N2O. The van der Waals surface area contributed by atoms with Gasteiger partial charge >= 0.3 is 0 Å². The average Bonchev–Trinajstić information content (AvgIpc) is 2.88. The summed E-state index contributed by atoms with van der Waals surface area (Å²) in [5.41, 5.74) is 0. The van der Waals surface area contributed by atoms with Gasteiger partial charge in [-0.2, -0.15) is 0 Å². The van der Waals surface area contributed by atoms with Crippen LogP contribution in [0.4, 0.5) is 0 Å². The molecule has 0 aromatic carbocycles. The Morgan fingerprint density at radius 3 is 2.68 bits per heavy atom. The Labute approximate surface area is 119 Å². The number of likely N-dealkylation sites (tertiary alicyclic amines) is 1. The number of methoxy groups -OCH3 is 1. The molecule has 0 aromatic rings. The number of rotatable bonds is 6. The van der Waals surface area contributed by atoms with Crippen molar-refractivity contribution < 1.29 is 4.74 Å². The number of nitrogens with zero attached hydrogens (tertiary/aromatic N) is 1. The molecule has 0 radical (unpaired) electrons. The highest BCUT2D eigenvalue weighted by atomic mass is 16.5. The van der Waals surface area contributed by atoms with Crippen molar-refractivity contribution in [3.63, 3.8) is 0 Å². The normalized spacial score (nSPS) is 36.8. The van der Waals surface area contributed by atoms with Crippen molar-refractivity contribution in [3.05, 3.63) is 0 Å². The van der Waals surface area contributed by atoms with Crippen LogP contribution in [0.2, 0.25) is 0 Å². The molecule has 0 bridgehead atoms. The number of hydrogen-bond acceptors (Lipinski definition) is 3. The molecule has 112 valence electrons. The first-order valence-electron chi connectivity index (χ1n) is 8.24. The van der Waals surface area contributed by atoms with Gasteiger partial charge in [0.25, 0.3) is 0 Å². The van der Waals surface area contributed by atoms with Gasteiger partial charge in [-0.15, -0.1) is 0 Å². The van der Waals surface area contributed by atoms with E-state index in [1.165, 1.54) is 45.2 Å². The summed E-state index contributed by atoms with van der Waals surface area (Å²) in [6, 6.07) is 1.48. The predicted molar refractivity (Wildman–Crippen MR) is 80.4 cm³/mol. The van der Waals surface area contributed by atoms with Crippen LogP contribution in [0, 0.1) is 11.8 Å². The second-order valence-corrected chi connectivity index (χ2v) is 6.42. The van der Waals surface area contributed by atoms with Crippen molar-refractivity contribution in [3.8, 4) is 0 Å². The quantitative estimate of drug-likeness (QED) is 0.801. The van der Waals surface area contributed by atoms with Gasteiger partial charge in [0, 0.05) is 25.7 Å². The Hall–Kier alpha value is -0.120. The third-order valence-corrected chi connectivity index (χ3v) is 5.16. The van der Waals surface area contributed by atoms with Gasteiger partial charge in [0.1, 0.15) is 0 Å². The van der Waals surface area contributed by atoms with Gasteiger partial charge < -0.3 is 10.1 Å². The van der Waals surface area contributed by atoms with Crippen LogP contribution in [0.25, 0.3) is 0 Å². The summed E-state index contributed by atoms with van der Waals surface area (Å²) >= 11 is 0. The zero-order chi connectivity index (χ0) is 13.7. The number of ether oxygens (including phenoxy) is 1. The van der Waals surface area contributed by atoms with Crippen LogP contribution in [0.3, 0.4) is 0 Å². The third-order valence-electron chi connectivity index (χ3n) is 5.16.